The molecule has 0 spiro atoms. The average molecular weight is 473 g/mol. The lowest BCUT2D eigenvalue weighted by molar-refractivity contribution is 0.238. The van der Waals surface area contributed by atoms with Crippen LogP contribution in [0.2, 0.25) is 39.3 Å². The number of hydrogen-bond donors (Lipinski definition) is 1. The summed E-state index contributed by atoms with van der Waals surface area (Å²) in [6.45, 7) is 13.0. The smallest absolute Gasteiger partial charge is 0.142 e. The number of benzene rings is 2. The molecule has 0 radical (unpaired) electrons. The largest absolute Gasteiger partial charge is 0.376 e. The van der Waals surface area contributed by atoms with Crippen LogP contribution in [0.25, 0.3) is 0 Å². The highest BCUT2D eigenvalue weighted by atomic mass is 28.3. The van der Waals surface area contributed by atoms with Crippen LogP contribution < -0.4 is 0 Å². The van der Waals surface area contributed by atoms with Gasteiger partial charge in [-0.3, -0.25) is 0 Å². The van der Waals surface area contributed by atoms with Crippen molar-refractivity contribution < 1.29 is 5.11 Å². The highest BCUT2D eigenvalue weighted by molar-refractivity contribution is 6.84. The second kappa shape index (κ2) is 12.4. The Morgan fingerprint density at radius 2 is 0.971 bits per heavy atom. The van der Waals surface area contributed by atoms with Crippen molar-refractivity contribution in [1.29, 1.82) is 0 Å². The molecule has 1 atom stereocenters. The van der Waals surface area contributed by atoms with Crippen molar-refractivity contribution in [3.8, 4) is 70.3 Å². The van der Waals surface area contributed by atoms with Gasteiger partial charge in [0.05, 0.1) is 0 Å². The lowest BCUT2D eigenvalue weighted by Gasteiger charge is -2.05. The van der Waals surface area contributed by atoms with E-state index in [0.717, 1.165) is 11.1 Å². The van der Waals surface area contributed by atoms with Gasteiger partial charge in [-0.15, -0.1) is 11.1 Å². The standard InChI is InChI=1S/C31H28OSi2/c1-33(2,3)25-15-13-20-28-18-8-7-17-27(28)19-9-10-21-29-22-11-12-23-30(29)31(32)24-14-16-26-34(4,5)6/h7-8,11-12,17-18,22-23,31-32H,1-6H3. The van der Waals surface area contributed by atoms with Crippen molar-refractivity contribution in [2.24, 2.45) is 0 Å². The van der Waals surface area contributed by atoms with Gasteiger partial charge in [-0.2, -0.15) is 0 Å². The average Bonchev–Trinajstić information content (AvgIpc) is 2.77. The van der Waals surface area contributed by atoms with E-state index in [9.17, 15) is 5.11 Å². The minimum atomic E-state index is -1.49. The quantitative estimate of drug-likeness (QED) is 0.445. The van der Waals surface area contributed by atoms with Gasteiger partial charge < -0.3 is 5.11 Å². The Balaban J connectivity index is 2.25. The SMILES string of the molecule is C[Si](C)(C)C#CC#Cc1ccccc1C#CC#Cc1ccccc1C(O)C#CC#C[Si](C)(C)C. The van der Waals surface area contributed by atoms with Crippen molar-refractivity contribution in [2.75, 3.05) is 0 Å². The second-order valence-electron chi connectivity index (χ2n) is 9.55. The van der Waals surface area contributed by atoms with E-state index in [0.29, 0.717) is 11.1 Å². The van der Waals surface area contributed by atoms with Crippen molar-refractivity contribution >= 4 is 16.1 Å². The maximum absolute atomic E-state index is 10.5. The molecule has 0 amide bonds. The van der Waals surface area contributed by atoms with Crippen LogP contribution in [0.1, 0.15) is 28.4 Å². The first-order valence-electron chi connectivity index (χ1n) is 11.0. The molecule has 0 aliphatic heterocycles. The van der Waals surface area contributed by atoms with E-state index in [1.54, 1.807) is 0 Å². The summed E-state index contributed by atoms with van der Waals surface area (Å²) in [7, 11) is -2.93. The predicted octanol–water partition coefficient (Wildman–Crippen LogP) is 5.24. The van der Waals surface area contributed by atoms with Crippen LogP contribution in [0, 0.1) is 70.3 Å². The Morgan fingerprint density at radius 3 is 1.50 bits per heavy atom. The molecule has 2 aromatic carbocycles. The van der Waals surface area contributed by atoms with Gasteiger partial charge in [0.1, 0.15) is 22.3 Å². The summed E-state index contributed by atoms with van der Waals surface area (Å²) in [5.74, 6) is 29.3. The number of aliphatic hydroxyl groups is 1. The van der Waals surface area contributed by atoms with Crippen LogP contribution in [0.5, 0.6) is 0 Å². The summed E-state index contributed by atoms with van der Waals surface area (Å²) < 4.78 is 0. The minimum absolute atomic E-state index is 0.645. The third kappa shape index (κ3) is 10.2. The first-order chi connectivity index (χ1) is 16.1. The van der Waals surface area contributed by atoms with Gasteiger partial charge in [0.15, 0.2) is 0 Å². The van der Waals surface area contributed by atoms with E-state index >= 15 is 0 Å². The third-order valence-corrected chi connectivity index (χ3v) is 5.80. The summed E-state index contributed by atoms with van der Waals surface area (Å²) in [5, 5.41) is 10.5. The third-order valence-electron chi connectivity index (χ3n) is 4.05. The topological polar surface area (TPSA) is 20.2 Å². The van der Waals surface area contributed by atoms with Crippen LogP contribution >= 0.6 is 0 Å². The Morgan fingerprint density at radius 1 is 0.559 bits per heavy atom. The lowest BCUT2D eigenvalue weighted by Crippen LogP contribution is -2.16. The fourth-order valence-electron chi connectivity index (χ4n) is 2.47. The molecule has 3 heteroatoms. The lowest BCUT2D eigenvalue weighted by atomic mass is 10.0. The summed E-state index contributed by atoms with van der Waals surface area (Å²) in [6, 6.07) is 15.1. The van der Waals surface area contributed by atoms with E-state index in [-0.39, 0.29) is 0 Å². The molecule has 0 saturated carbocycles. The Kier molecular flexibility index (Phi) is 9.67. The zero-order valence-corrected chi connectivity index (χ0v) is 22.6. The molecule has 0 aliphatic rings. The van der Waals surface area contributed by atoms with Crippen LogP contribution in [-0.4, -0.2) is 21.3 Å². The van der Waals surface area contributed by atoms with E-state index in [1.807, 2.05) is 48.5 Å². The Labute approximate surface area is 207 Å². The van der Waals surface area contributed by atoms with Crippen LogP contribution in [0.3, 0.4) is 0 Å². The van der Waals surface area contributed by atoms with Crippen LogP contribution in [0.15, 0.2) is 48.5 Å². The first kappa shape index (κ1) is 26.4. The predicted molar refractivity (Wildman–Crippen MR) is 148 cm³/mol. The maximum atomic E-state index is 10.5. The highest BCUT2D eigenvalue weighted by Crippen LogP contribution is 2.16. The molecule has 0 saturated heterocycles. The number of hydrogen-bond acceptors (Lipinski definition) is 1. The molecule has 34 heavy (non-hydrogen) atoms. The van der Waals surface area contributed by atoms with E-state index in [4.69, 9.17) is 0 Å². The number of aliphatic hydroxyl groups excluding tert-OH is 1. The van der Waals surface area contributed by atoms with Crippen molar-refractivity contribution in [3.63, 3.8) is 0 Å². The zero-order chi connectivity index (χ0) is 25.0. The maximum Gasteiger partial charge on any atom is 0.142 e. The highest BCUT2D eigenvalue weighted by Gasteiger charge is 2.09. The Bertz CT molecular complexity index is 1410. The summed E-state index contributed by atoms with van der Waals surface area (Å²) in [6.07, 6.45) is -0.956. The summed E-state index contributed by atoms with van der Waals surface area (Å²) in [4.78, 5) is 0. The fraction of sp³-hybridized carbons (Fsp3) is 0.226. The van der Waals surface area contributed by atoms with Gasteiger partial charge in [0.25, 0.3) is 0 Å². The van der Waals surface area contributed by atoms with Gasteiger partial charge in [-0.05, 0) is 53.7 Å². The van der Waals surface area contributed by atoms with Crippen molar-refractivity contribution in [2.45, 2.75) is 45.4 Å². The van der Waals surface area contributed by atoms with Gasteiger partial charge in [0.2, 0.25) is 0 Å². The van der Waals surface area contributed by atoms with Crippen LogP contribution in [0.4, 0.5) is 0 Å². The molecule has 0 aliphatic carbocycles. The van der Waals surface area contributed by atoms with E-state index in [1.165, 1.54) is 0 Å². The van der Waals surface area contributed by atoms with Crippen molar-refractivity contribution in [1.82, 2.24) is 0 Å². The Hall–Kier alpha value is -3.81. The molecule has 0 fully saturated rings. The summed E-state index contributed by atoms with van der Waals surface area (Å²) in [5.41, 5.74) is 9.37. The molecule has 1 N–H and O–H groups in total. The molecule has 0 bridgehead atoms. The molecule has 2 rings (SSSR count). The van der Waals surface area contributed by atoms with Gasteiger partial charge in [0, 0.05) is 22.3 Å². The minimum Gasteiger partial charge on any atom is -0.376 e. The van der Waals surface area contributed by atoms with E-state index in [2.05, 4.69) is 110 Å². The molecular weight excluding hydrogens is 445 g/mol. The normalized spacial score (nSPS) is 10.4. The second-order valence-corrected chi connectivity index (χ2v) is 19.1. The number of rotatable bonds is 1. The fourth-order valence-corrected chi connectivity index (χ4v) is 3.34. The molecule has 0 aromatic heterocycles. The molecule has 1 unspecified atom stereocenters. The molecule has 1 nitrogen and oxygen atoms in total. The van der Waals surface area contributed by atoms with Gasteiger partial charge in [-0.1, -0.05) is 93.3 Å². The first-order valence-corrected chi connectivity index (χ1v) is 18.0. The summed E-state index contributed by atoms with van der Waals surface area (Å²) >= 11 is 0. The van der Waals surface area contributed by atoms with Gasteiger partial charge in [-0.25, -0.2) is 0 Å². The van der Waals surface area contributed by atoms with E-state index < -0.39 is 22.3 Å². The molecule has 2 aromatic rings. The van der Waals surface area contributed by atoms with Gasteiger partial charge >= 0.3 is 0 Å². The van der Waals surface area contributed by atoms with Crippen molar-refractivity contribution in [3.05, 3.63) is 70.8 Å². The van der Waals surface area contributed by atoms with Crippen LogP contribution in [-0.2, 0) is 0 Å². The molecule has 166 valence electrons. The zero-order valence-electron chi connectivity index (χ0n) is 20.6. The molecule has 0 heterocycles. The molecular formula is C31H28OSi2. The monoisotopic (exact) mass is 472 g/mol.